The van der Waals surface area contributed by atoms with Crippen molar-refractivity contribution in [2.45, 2.75) is 33.9 Å². The molecule has 0 aliphatic rings. The molecule has 9 heteroatoms. The third-order valence-electron chi connectivity index (χ3n) is 5.26. The van der Waals surface area contributed by atoms with Crippen LogP contribution in [0, 0.1) is 0 Å². The number of ether oxygens (including phenoxy) is 3. The van der Waals surface area contributed by atoms with Crippen molar-refractivity contribution in [2.75, 3.05) is 19.8 Å². The Morgan fingerprint density at radius 3 is 2.00 bits per heavy atom. The molecule has 0 N–H and O–H groups in total. The predicted molar refractivity (Wildman–Crippen MR) is 139 cm³/mol. The fourth-order valence-electron chi connectivity index (χ4n) is 3.79. The number of rotatable bonds is 12. The molecule has 1 aromatic carbocycles. The average Bonchev–Trinajstić information content (AvgIpc) is 3.16. The molecule has 3 rings (SSSR count). The number of allylic oxidation sites excluding steroid dienone is 2. The Hall–Kier alpha value is -4.01. The van der Waals surface area contributed by atoms with Crippen LogP contribution in [0.1, 0.15) is 32.2 Å². The van der Waals surface area contributed by atoms with Crippen molar-refractivity contribution in [3.63, 3.8) is 0 Å². The largest absolute Gasteiger partial charge is 0.490 e. The van der Waals surface area contributed by atoms with Crippen molar-refractivity contribution in [2.24, 2.45) is 7.05 Å². The number of nitrogens with zero attached hydrogens (tertiary/aromatic N) is 4. The van der Waals surface area contributed by atoms with Gasteiger partial charge < -0.3 is 18.8 Å². The summed E-state index contributed by atoms with van der Waals surface area (Å²) in [5, 5.41) is 0. The summed E-state index contributed by atoms with van der Waals surface area (Å²) < 4.78 is 21.6. The molecule has 0 saturated carbocycles. The number of benzene rings is 1. The zero-order valence-corrected chi connectivity index (χ0v) is 20.7. The van der Waals surface area contributed by atoms with Gasteiger partial charge in [-0.1, -0.05) is 18.2 Å². The van der Waals surface area contributed by atoms with Crippen LogP contribution in [0.15, 0.2) is 47.0 Å². The van der Waals surface area contributed by atoms with E-state index in [0.717, 1.165) is 10.1 Å². The molecular weight excluding hydrogens is 448 g/mol. The molecule has 9 nitrogen and oxygen atoms in total. The molecule has 3 aromatic rings. The van der Waals surface area contributed by atoms with Crippen LogP contribution in [-0.4, -0.2) is 38.5 Å². The highest BCUT2D eigenvalue weighted by Gasteiger charge is 2.19. The third-order valence-corrected chi connectivity index (χ3v) is 5.26. The molecule has 0 radical (unpaired) electrons. The molecule has 0 unspecified atom stereocenters. The Bertz CT molecular complexity index is 1350. The summed E-state index contributed by atoms with van der Waals surface area (Å²) >= 11 is 0. The molecule has 0 saturated heterocycles. The third kappa shape index (κ3) is 5.08. The molecule has 0 aliphatic heterocycles. The quantitative estimate of drug-likeness (QED) is 0.368. The standard InChI is InChI=1S/C26H32N4O5/c1-7-14-29-24-22(25(31)30(15-8-2)26(29)32)28(6)21(27-24)13-12-18-16-19(33-9-3)23(35-11-5)20(17-18)34-10-4/h7-8,12-13,16-17H,1-2,9-11,14-15H2,3-6H3/b13-12+. The molecule has 2 heterocycles. The summed E-state index contributed by atoms with van der Waals surface area (Å²) in [6.07, 6.45) is 6.74. The Labute approximate surface area is 204 Å². The van der Waals surface area contributed by atoms with Crippen LogP contribution >= 0.6 is 0 Å². The van der Waals surface area contributed by atoms with Gasteiger partial charge in [-0.25, -0.2) is 9.78 Å². The molecule has 0 fully saturated rings. The normalized spacial score (nSPS) is 11.2. The van der Waals surface area contributed by atoms with E-state index in [-0.39, 0.29) is 13.1 Å². The summed E-state index contributed by atoms with van der Waals surface area (Å²) in [5.41, 5.74) is 0.562. The number of imidazole rings is 1. The van der Waals surface area contributed by atoms with Crippen LogP contribution in [-0.2, 0) is 20.1 Å². The number of fused-ring (bicyclic) bond motifs is 1. The molecule has 0 aliphatic carbocycles. The Kier molecular flexibility index (Phi) is 8.35. The minimum absolute atomic E-state index is 0.105. The van der Waals surface area contributed by atoms with Gasteiger partial charge in [0.1, 0.15) is 5.82 Å². The lowest BCUT2D eigenvalue weighted by atomic mass is 10.1. The van der Waals surface area contributed by atoms with Gasteiger partial charge in [-0.15, -0.1) is 13.2 Å². The molecule has 2 aromatic heterocycles. The SMILES string of the molecule is C=CCn1c(=O)c2c(nc(/C=C/c3cc(OCC)c(OCC)c(OCC)c3)n2C)n(CC=C)c1=O. The second kappa shape index (κ2) is 11.4. The van der Waals surface area contributed by atoms with Crippen molar-refractivity contribution in [3.05, 3.63) is 69.7 Å². The Balaban J connectivity index is 2.17. The molecule has 0 amide bonds. The van der Waals surface area contributed by atoms with Gasteiger partial charge in [0, 0.05) is 20.1 Å². The Morgan fingerprint density at radius 1 is 0.886 bits per heavy atom. The minimum atomic E-state index is -0.454. The highest BCUT2D eigenvalue weighted by molar-refractivity contribution is 5.77. The van der Waals surface area contributed by atoms with E-state index in [4.69, 9.17) is 14.2 Å². The maximum atomic E-state index is 13.1. The first kappa shape index (κ1) is 25.6. The average molecular weight is 481 g/mol. The van der Waals surface area contributed by atoms with E-state index in [1.165, 1.54) is 10.6 Å². The topological polar surface area (TPSA) is 89.5 Å². The number of aromatic nitrogens is 4. The summed E-state index contributed by atoms with van der Waals surface area (Å²) in [4.78, 5) is 30.6. The first-order valence-corrected chi connectivity index (χ1v) is 11.6. The van der Waals surface area contributed by atoms with Crippen LogP contribution < -0.4 is 25.5 Å². The maximum Gasteiger partial charge on any atom is 0.333 e. The van der Waals surface area contributed by atoms with Gasteiger partial charge in [-0.2, -0.15) is 0 Å². The summed E-state index contributed by atoms with van der Waals surface area (Å²) in [5.74, 6) is 2.23. The van der Waals surface area contributed by atoms with Gasteiger partial charge in [-0.05, 0) is 44.5 Å². The Morgan fingerprint density at radius 2 is 1.46 bits per heavy atom. The zero-order valence-electron chi connectivity index (χ0n) is 20.7. The lowest BCUT2D eigenvalue weighted by molar-refractivity contribution is 0.260. The van der Waals surface area contributed by atoms with E-state index in [9.17, 15) is 9.59 Å². The number of hydrogen-bond donors (Lipinski definition) is 0. The lowest BCUT2D eigenvalue weighted by Crippen LogP contribution is -2.40. The summed E-state index contributed by atoms with van der Waals surface area (Å²) in [7, 11) is 1.74. The van der Waals surface area contributed by atoms with E-state index in [2.05, 4.69) is 18.1 Å². The molecule has 0 atom stereocenters. The van der Waals surface area contributed by atoms with Crippen molar-refractivity contribution >= 4 is 23.3 Å². The first-order chi connectivity index (χ1) is 16.9. The second-order valence-electron chi connectivity index (χ2n) is 7.57. The van der Waals surface area contributed by atoms with Gasteiger partial charge in [0.15, 0.2) is 22.7 Å². The highest BCUT2D eigenvalue weighted by Crippen LogP contribution is 2.39. The van der Waals surface area contributed by atoms with Crippen LogP contribution in [0.5, 0.6) is 17.2 Å². The molecule has 186 valence electrons. The molecule has 35 heavy (non-hydrogen) atoms. The van der Waals surface area contributed by atoms with E-state index in [1.807, 2.05) is 39.0 Å². The number of aryl methyl sites for hydroxylation is 1. The van der Waals surface area contributed by atoms with Crippen molar-refractivity contribution in [3.8, 4) is 17.2 Å². The monoisotopic (exact) mass is 480 g/mol. The fourth-order valence-corrected chi connectivity index (χ4v) is 3.79. The maximum absolute atomic E-state index is 13.1. The van der Waals surface area contributed by atoms with E-state index in [1.54, 1.807) is 23.8 Å². The van der Waals surface area contributed by atoms with Gasteiger partial charge in [0.2, 0.25) is 5.75 Å². The van der Waals surface area contributed by atoms with E-state index in [0.29, 0.717) is 54.1 Å². The minimum Gasteiger partial charge on any atom is -0.490 e. The predicted octanol–water partition coefficient (Wildman–Crippen LogP) is 3.64. The van der Waals surface area contributed by atoms with Crippen molar-refractivity contribution < 1.29 is 14.2 Å². The summed E-state index contributed by atoms with van der Waals surface area (Å²) in [6, 6.07) is 3.72. The zero-order chi connectivity index (χ0) is 25.5. The van der Waals surface area contributed by atoms with Gasteiger partial charge in [0.25, 0.3) is 5.56 Å². The smallest absolute Gasteiger partial charge is 0.333 e. The lowest BCUT2D eigenvalue weighted by Gasteiger charge is -2.16. The van der Waals surface area contributed by atoms with Crippen LogP contribution in [0.25, 0.3) is 23.3 Å². The summed E-state index contributed by atoms with van der Waals surface area (Å²) in [6.45, 7) is 14.8. The highest BCUT2D eigenvalue weighted by atomic mass is 16.5. The van der Waals surface area contributed by atoms with E-state index < -0.39 is 11.2 Å². The molecule has 0 spiro atoms. The van der Waals surface area contributed by atoms with Crippen molar-refractivity contribution in [1.82, 2.24) is 18.7 Å². The fraction of sp³-hybridized carbons (Fsp3) is 0.346. The number of hydrogen-bond acceptors (Lipinski definition) is 6. The molecular formula is C26H32N4O5. The first-order valence-electron chi connectivity index (χ1n) is 11.6. The van der Waals surface area contributed by atoms with Gasteiger partial charge in [0.05, 0.1) is 19.8 Å². The van der Waals surface area contributed by atoms with Crippen LogP contribution in [0.3, 0.4) is 0 Å². The van der Waals surface area contributed by atoms with Crippen molar-refractivity contribution in [1.29, 1.82) is 0 Å². The molecule has 0 bridgehead atoms. The van der Waals surface area contributed by atoms with E-state index >= 15 is 0 Å². The van der Waals surface area contributed by atoms with Gasteiger partial charge in [-0.3, -0.25) is 13.9 Å². The van der Waals surface area contributed by atoms with Crippen LogP contribution in [0.2, 0.25) is 0 Å². The van der Waals surface area contributed by atoms with Gasteiger partial charge >= 0.3 is 5.69 Å². The van der Waals surface area contributed by atoms with Crippen LogP contribution in [0.4, 0.5) is 0 Å². The second-order valence-corrected chi connectivity index (χ2v) is 7.57.